The lowest BCUT2D eigenvalue weighted by atomic mass is 10.2. The van der Waals surface area contributed by atoms with Gasteiger partial charge in [-0.3, -0.25) is 0 Å². The summed E-state index contributed by atoms with van der Waals surface area (Å²) in [6.45, 7) is 0. The third-order valence-corrected chi connectivity index (χ3v) is 4.15. The molecular weight excluding hydrogens is 244 g/mol. The summed E-state index contributed by atoms with van der Waals surface area (Å²) in [4.78, 5) is 4.39. The molecule has 82 valence electrons. The fourth-order valence-electron chi connectivity index (χ4n) is 1.53. The van der Waals surface area contributed by atoms with Crippen molar-refractivity contribution in [2.75, 3.05) is 11.5 Å². The van der Waals surface area contributed by atoms with Crippen LogP contribution >= 0.6 is 23.4 Å². The van der Waals surface area contributed by atoms with Gasteiger partial charge in [-0.1, -0.05) is 28.9 Å². The normalized spacial score (nSPS) is 16.1. The lowest BCUT2D eigenvalue weighted by molar-refractivity contribution is 0.419. The quantitative estimate of drug-likeness (QED) is 0.823. The van der Waals surface area contributed by atoms with Crippen molar-refractivity contribution in [3.8, 4) is 11.5 Å². The van der Waals surface area contributed by atoms with Crippen molar-refractivity contribution in [1.29, 1.82) is 0 Å². The van der Waals surface area contributed by atoms with Crippen molar-refractivity contribution in [3.63, 3.8) is 0 Å². The number of rotatable bonds is 2. The average Bonchev–Trinajstić information content (AvgIpc) is 2.65. The van der Waals surface area contributed by atoms with E-state index in [-0.39, 0.29) is 0 Å². The molecule has 0 radical (unpaired) electrons. The highest BCUT2D eigenvalue weighted by molar-refractivity contribution is 8.00. The van der Waals surface area contributed by atoms with Crippen molar-refractivity contribution < 1.29 is 4.52 Å². The fourth-order valence-corrected chi connectivity index (χ4v) is 2.52. The molecule has 1 aromatic heterocycles. The Morgan fingerprint density at radius 1 is 1.31 bits per heavy atom. The minimum Gasteiger partial charge on any atom is -0.334 e. The average molecular weight is 253 g/mol. The molecular formula is C11H9ClN2OS. The van der Waals surface area contributed by atoms with E-state index in [0.29, 0.717) is 16.8 Å². The molecule has 0 N–H and O–H groups in total. The molecule has 16 heavy (non-hydrogen) atoms. The largest absolute Gasteiger partial charge is 0.334 e. The smallest absolute Gasteiger partial charge is 0.259 e. The van der Waals surface area contributed by atoms with E-state index in [9.17, 15) is 0 Å². The standard InChI is InChI=1S/C11H9ClN2OS/c12-9-4-2-1-3-8(9)11-13-10(14-15-11)7-5-16-6-7/h1-4,7H,5-6H2. The predicted molar refractivity (Wildman–Crippen MR) is 64.8 cm³/mol. The first kappa shape index (κ1) is 10.2. The zero-order valence-corrected chi connectivity index (χ0v) is 9.96. The van der Waals surface area contributed by atoms with Crippen LogP contribution in [0.15, 0.2) is 28.8 Å². The van der Waals surface area contributed by atoms with Crippen LogP contribution in [0.3, 0.4) is 0 Å². The summed E-state index contributed by atoms with van der Waals surface area (Å²) in [5.74, 6) is 3.93. The topological polar surface area (TPSA) is 38.9 Å². The highest BCUT2D eigenvalue weighted by atomic mass is 35.5. The van der Waals surface area contributed by atoms with Gasteiger partial charge < -0.3 is 4.52 Å². The van der Waals surface area contributed by atoms with Crippen molar-refractivity contribution in [2.24, 2.45) is 0 Å². The van der Waals surface area contributed by atoms with Gasteiger partial charge in [0.05, 0.1) is 10.6 Å². The van der Waals surface area contributed by atoms with Gasteiger partial charge >= 0.3 is 0 Å². The first-order valence-corrected chi connectivity index (χ1v) is 6.54. The molecule has 0 atom stereocenters. The van der Waals surface area contributed by atoms with Crippen LogP contribution in [-0.2, 0) is 0 Å². The van der Waals surface area contributed by atoms with Crippen LogP contribution in [0.2, 0.25) is 5.02 Å². The lowest BCUT2D eigenvalue weighted by Crippen LogP contribution is -2.16. The van der Waals surface area contributed by atoms with Crippen molar-refractivity contribution in [2.45, 2.75) is 5.92 Å². The molecule has 3 rings (SSSR count). The highest BCUT2D eigenvalue weighted by Crippen LogP contribution is 2.34. The van der Waals surface area contributed by atoms with Gasteiger partial charge in [-0.2, -0.15) is 16.7 Å². The second kappa shape index (κ2) is 4.11. The minimum absolute atomic E-state index is 0.449. The Morgan fingerprint density at radius 3 is 2.81 bits per heavy atom. The monoisotopic (exact) mass is 252 g/mol. The summed E-state index contributed by atoms with van der Waals surface area (Å²) >= 11 is 7.96. The van der Waals surface area contributed by atoms with Gasteiger partial charge in [0.25, 0.3) is 5.89 Å². The van der Waals surface area contributed by atoms with Gasteiger partial charge in [-0.05, 0) is 12.1 Å². The van der Waals surface area contributed by atoms with Crippen LogP contribution < -0.4 is 0 Å². The third kappa shape index (κ3) is 1.72. The molecule has 0 aliphatic carbocycles. The Hall–Kier alpha value is -1.00. The van der Waals surface area contributed by atoms with Gasteiger partial charge in [0.1, 0.15) is 0 Å². The van der Waals surface area contributed by atoms with E-state index < -0.39 is 0 Å². The summed E-state index contributed by atoms with van der Waals surface area (Å²) in [6, 6.07) is 7.49. The predicted octanol–water partition coefficient (Wildman–Crippen LogP) is 3.22. The molecule has 0 bridgehead atoms. The van der Waals surface area contributed by atoms with Crippen LogP contribution in [0.5, 0.6) is 0 Å². The molecule has 2 heterocycles. The maximum atomic E-state index is 6.06. The first-order chi connectivity index (χ1) is 7.84. The molecule has 5 heteroatoms. The zero-order chi connectivity index (χ0) is 11.0. The maximum Gasteiger partial charge on any atom is 0.259 e. The van der Waals surface area contributed by atoms with E-state index in [1.165, 1.54) is 0 Å². The summed E-state index contributed by atoms with van der Waals surface area (Å²) in [6.07, 6.45) is 0. The van der Waals surface area contributed by atoms with Crippen LogP contribution in [-0.4, -0.2) is 21.6 Å². The number of nitrogens with zero attached hydrogens (tertiary/aromatic N) is 2. The number of thioether (sulfide) groups is 1. The number of hydrogen-bond acceptors (Lipinski definition) is 4. The van der Waals surface area contributed by atoms with Gasteiger partial charge in [0.15, 0.2) is 5.82 Å². The third-order valence-electron chi connectivity index (χ3n) is 2.55. The molecule has 2 aromatic rings. The molecule has 0 amide bonds. The summed E-state index contributed by atoms with van der Waals surface area (Å²) in [5.41, 5.74) is 0.801. The molecule has 1 saturated heterocycles. The van der Waals surface area contributed by atoms with Crippen molar-refractivity contribution in [3.05, 3.63) is 35.1 Å². The van der Waals surface area contributed by atoms with Crippen LogP contribution in [0.1, 0.15) is 11.7 Å². The number of benzene rings is 1. The van der Waals surface area contributed by atoms with Gasteiger partial charge in [0, 0.05) is 17.4 Å². The number of hydrogen-bond donors (Lipinski definition) is 0. The Labute approximate surface area is 102 Å². The second-order valence-electron chi connectivity index (χ2n) is 3.67. The number of halogens is 1. The van der Waals surface area contributed by atoms with Gasteiger partial charge in [-0.15, -0.1) is 0 Å². The Balaban J connectivity index is 1.95. The van der Waals surface area contributed by atoms with Crippen molar-refractivity contribution >= 4 is 23.4 Å². The van der Waals surface area contributed by atoms with E-state index in [2.05, 4.69) is 10.1 Å². The van der Waals surface area contributed by atoms with E-state index in [4.69, 9.17) is 16.1 Å². The molecule has 0 unspecified atom stereocenters. The van der Waals surface area contributed by atoms with Crippen molar-refractivity contribution in [1.82, 2.24) is 10.1 Å². The molecule has 1 aromatic carbocycles. The van der Waals surface area contributed by atoms with Crippen LogP contribution in [0.4, 0.5) is 0 Å². The van der Waals surface area contributed by atoms with Gasteiger partial charge in [-0.25, -0.2) is 0 Å². The SMILES string of the molecule is Clc1ccccc1-c1nc(C2CSC2)no1. The minimum atomic E-state index is 0.449. The van der Waals surface area contributed by atoms with Gasteiger partial charge in [0.2, 0.25) is 0 Å². The van der Waals surface area contributed by atoms with Crippen LogP contribution in [0, 0.1) is 0 Å². The van der Waals surface area contributed by atoms with E-state index in [1.54, 1.807) is 0 Å². The number of aromatic nitrogens is 2. The summed E-state index contributed by atoms with van der Waals surface area (Å²) in [7, 11) is 0. The van der Waals surface area contributed by atoms with E-state index in [1.807, 2.05) is 36.0 Å². The maximum absolute atomic E-state index is 6.06. The summed E-state index contributed by atoms with van der Waals surface area (Å²) in [5, 5.41) is 4.64. The molecule has 1 aliphatic rings. The molecule has 1 fully saturated rings. The highest BCUT2D eigenvalue weighted by Gasteiger charge is 2.25. The van der Waals surface area contributed by atoms with E-state index >= 15 is 0 Å². The molecule has 0 saturated carbocycles. The molecule has 0 spiro atoms. The second-order valence-corrected chi connectivity index (χ2v) is 5.15. The van der Waals surface area contributed by atoms with E-state index in [0.717, 1.165) is 22.9 Å². The fraction of sp³-hybridized carbons (Fsp3) is 0.273. The Bertz CT molecular complexity index is 510. The Kier molecular flexibility index (Phi) is 2.61. The first-order valence-electron chi connectivity index (χ1n) is 5.01. The Morgan fingerprint density at radius 2 is 2.12 bits per heavy atom. The summed E-state index contributed by atoms with van der Waals surface area (Å²) < 4.78 is 5.23. The lowest BCUT2D eigenvalue weighted by Gasteiger charge is -2.20. The molecule has 3 nitrogen and oxygen atoms in total. The molecule has 1 aliphatic heterocycles. The van der Waals surface area contributed by atoms with Crippen LogP contribution in [0.25, 0.3) is 11.5 Å². The zero-order valence-electron chi connectivity index (χ0n) is 8.39.